The molecule has 0 spiro atoms. The van der Waals surface area contributed by atoms with Crippen LogP contribution in [0.3, 0.4) is 0 Å². The van der Waals surface area contributed by atoms with Gasteiger partial charge in [0.2, 0.25) is 0 Å². The lowest BCUT2D eigenvalue weighted by atomic mass is 9.77. The summed E-state index contributed by atoms with van der Waals surface area (Å²) in [5, 5.41) is 27.3. The molecule has 1 rings (SSSR count). The molecule has 3 heteroatoms. The first kappa shape index (κ1) is 11.2. The van der Waals surface area contributed by atoms with E-state index in [1.807, 2.05) is 0 Å². The number of aliphatic hydroxyl groups is 3. The zero-order valence-corrected chi connectivity index (χ0v) is 8.11. The Kier molecular flexibility index (Phi) is 3.63. The molecule has 1 aliphatic rings. The van der Waals surface area contributed by atoms with Gasteiger partial charge in [-0.05, 0) is 17.6 Å². The highest BCUT2D eigenvalue weighted by Gasteiger charge is 2.27. The molecular weight excluding hydrogens is 180 g/mol. The van der Waals surface area contributed by atoms with E-state index in [1.165, 1.54) is 0 Å². The van der Waals surface area contributed by atoms with Crippen LogP contribution in [-0.2, 0) is 0 Å². The van der Waals surface area contributed by atoms with Gasteiger partial charge in [-0.2, -0.15) is 0 Å². The molecule has 3 N–H and O–H groups in total. The quantitative estimate of drug-likeness (QED) is 0.570. The first-order chi connectivity index (χ1) is 6.69. The van der Waals surface area contributed by atoms with E-state index in [9.17, 15) is 5.11 Å². The Labute approximate surface area is 83.7 Å². The molecule has 1 unspecified atom stereocenters. The first-order valence-electron chi connectivity index (χ1n) is 4.57. The molecule has 3 nitrogen and oxygen atoms in total. The molecule has 0 aromatic heterocycles. The molecule has 0 fully saturated rings. The third kappa shape index (κ3) is 2.12. The summed E-state index contributed by atoms with van der Waals surface area (Å²) in [6.45, 7) is 3.48. The van der Waals surface area contributed by atoms with Crippen molar-refractivity contribution in [2.24, 2.45) is 5.41 Å². The van der Waals surface area contributed by atoms with E-state index in [-0.39, 0.29) is 19.8 Å². The molecule has 0 heterocycles. The van der Waals surface area contributed by atoms with Crippen molar-refractivity contribution in [3.63, 3.8) is 0 Å². The monoisotopic (exact) mass is 196 g/mol. The van der Waals surface area contributed by atoms with Gasteiger partial charge in [-0.1, -0.05) is 18.2 Å². The lowest BCUT2D eigenvalue weighted by molar-refractivity contribution is 0.196. The third-order valence-electron chi connectivity index (χ3n) is 2.51. The largest absolute Gasteiger partial charge is 0.395 e. The van der Waals surface area contributed by atoms with Crippen LogP contribution in [0.5, 0.6) is 0 Å². The summed E-state index contributed by atoms with van der Waals surface area (Å²) < 4.78 is 0. The van der Waals surface area contributed by atoms with Gasteiger partial charge < -0.3 is 15.3 Å². The van der Waals surface area contributed by atoms with Gasteiger partial charge in [0.05, 0.1) is 19.8 Å². The lowest BCUT2D eigenvalue weighted by Crippen LogP contribution is -2.25. The van der Waals surface area contributed by atoms with Gasteiger partial charge in [-0.15, -0.1) is 6.58 Å². The predicted molar refractivity (Wildman–Crippen MR) is 54.7 cm³/mol. The molecular formula is C11H16O3. The average molecular weight is 196 g/mol. The SMILES string of the molecule is C=CC1(CO)C=C(CO)C=C(CO)C1. The molecule has 14 heavy (non-hydrogen) atoms. The fourth-order valence-corrected chi connectivity index (χ4v) is 1.69. The number of rotatable bonds is 4. The molecule has 0 saturated heterocycles. The molecule has 0 aromatic carbocycles. The third-order valence-corrected chi connectivity index (χ3v) is 2.51. The maximum Gasteiger partial charge on any atom is 0.0679 e. The summed E-state index contributed by atoms with van der Waals surface area (Å²) >= 11 is 0. The summed E-state index contributed by atoms with van der Waals surface area (Å²) in [5.41, 5.74) is 1.00. The summed E-state index contributed by atoms with van der Waals surface area (Å²) in [6, 6.07) is 0. The van der Waals surface area contributed by atoms with Gasteiger partial charge in [0, 0.05) is 5.41 Å². The first-order valence-corrected chi connectivity index (χ1v) is 4.57. The van der Waals surface area contributed by atoms with Crippen LogP contribution in [0.25, 0.3) is 0 Å². The van der Waals surface area contributed by atoms with Crippen LogP contribution in [0, 0.1) is 5.41 Å². The minimum absolute atomic E-state index is 0.0487. The van der Waals surface area contributed by atoms with Crippen LogP contribution in [-0.4, -0.2) is 35.1 Å². The zero-order chi connectivity index (χ0) is 10.6. The van der Waals surface area contributed by atoms with E-state index in [1.54, 1.807) is 18.2 Å². The van der Waals surface area contributed by atoms with Gasteiger partial charge in [0.25, 0.3) is 0 Å². The summed E-state index contributed by atoms with van der Waals surface area (Å²) in [4.78, 5) is 0. The van der Waals surface area contributed by atoms with Gasteiger partial charge >= 0.3 is 0 Å². The summed E-state index contributed by atoms with van der Waals surface area (Å²) in [6.07, 6.45) is 5.79. The molecule has 1 atom stereocenters. The van der Waals surface area contributed by atoms with Crippen LogP contribution < -0.4 is 0 Å². The highest BCUT2D eigenvalue weighted by molar-refractivity contribution is 5.35. The maximum absolute atomic E-state index is 9.26. The van der Waals surface area contributed by atoms with Crippen LogP contribution in [0.2, 0.25) is 0 Å². The van der Waals surface area contributed by atoms with Gasteiger partial charge in [0.1, 0.15) is 0 Å². The predicted octanol–water partition coefficient (Wildman–Crippen LogP) is 0.392. The molecule has 0 saturated carbocycles. The van der Waals surface area contributed by atoms with E-state index < -0.39 is 5.41 Å². The van der Waals surface area contributed by atoms with Crippen LogP contribution in [0.1, 0.15) is 6.42 Å². The fourth-order valence-electron chi connectivity index (χ4n) is 1.69. The average Bonchev–Trinajstić information content (AvgIpc) is 2.28. The second kappa shape index (κ2) is 4.55. The van der Waals surface area contributed by atoms with Crippen molar-refractivity contribution in [2.45, 2.75) is 6.42 Å². The van der Waals surface area contributed by atoms with Crippen LogP contribution in [0.15, 0.2) is 36.0 Å². The fraction of sp³-hybridized carbons (Fsp3) is 0.455. The second-order valence-corrected chi connectivity index (χ2v) is 3.61. The van der Waals surface area contributed by atoms with Crippen molar-refractivity contribution >= 4 is 0 Å². The van der Waals surface area contributed by atoms with Crippen molar-refractivity contribution < 1.29 is 15.3 Å². The van der Waals surface area contributed by atoms with Crippen molar-refractivity contribution in [3.05, 3.63) is 36.0 Å². The Bertz CT molecular complexity index is 278. The molecule has 0 aromatic rings. The topological polar surface area (TPSA) is 60.7 Å². The Morgan fingerprint density at radius 2 is 2.07 bits per heavy atom. The van der Waals surface area contributed by atoms with Crippen LogP contribution >= 0.6 is 0 Å². The standard InChI is InChI=1S/C11H16O3/c1-2-11(8-14)4-9(6-12)3-10(5-11)7-13/h2-4,12-14H,1,5-8H2. The molecule has 0 radical (unpaired) electrons. The Morgan fingerprint density at radius 1 is 1.36 bits per heavy atom. The maximum atomic E-state index is 9.26. The Balaban J connectivity index is 3.00. The van der Waals surface area contributed by atoms with E-state index >= 15 is 0 Å². The van der Waals surface area contributed by atoms with Crippen molar-refractivity contribution in [2.75, 3.05) is 19.8 Å². The van der Waals surface area contributed by atoms with Crippen molar-refractivity contribution in [3.8, 4) is 0 Å². The van der Waals surface area contributed by atoms with Crippen molar-refractivity contribution in [1.29, 1.82) is 0 Å². The van der Waals surface area contributed by atoms with Crippen molar-refractivity contribution in [1.82, 2.24) is 0 Å². The molecule has 1 aliphatic carbocycles. The van der Waals surface area contributed by atoms with E-state index in [2.05, 4.69) is 6.58 Å². The number of aliphatic hydroxyl groups excluding tert-OH is 3. The highest BCUT2D eigenvalue weighted by atomic mass is 16.3. The number of hydrogen-bond donors (Lipinski definition) is 3. The second-order valence-electron chi connectivity index (χ2n) is 3.61. The molecule has 0 bridgehead atoms. The Hall–Kier alpha value is -0.900. The molecule has 78 valence electrons. The minimum atomic E-state index is -0.523. The minimum Gasteiger partial charge on any atom is -0.395 e. The van der Waals surface area contributed by atoms with Gasteiger partial charge in [0.15, 0.2) is 0 Å². The molecule has 0 aliphatic heterocycles. The van der Waals surface area contributed by atoms with Gasteiger partial charge in [-0.25, -0.2) is 0 Å². The van der Waals surface area contributed by atoms with Gasteiger partial charge in [-0.3, -0.25) is 0 Å². The number of hydrogen-bond acceptors (Lipinski definition) is 3. The smallest absolute Gasteiger partial charge is 0.0679 e. The summed E-state index contributed by atoms with van der Waals surface area (Å²) in [7, 11) is 0. The summed E-state index contributed by atoms with van der Waals surface area (Å²) in [5.74, 6) is 0. The zero-order valence-electron chi connectivity index (χ0n) is 8.11. The van der Waals surface area contributed by atoms with E-state index in [4.69, 9.17) is 10.2 Å². The normalized spacial score (nSPS) is 26.8. The van der Waals surface area contributed by atoms with E-state index in [0.717, 1.165) is 5.57 Å². The van der Waals surface area contributed by atoms with E-state index in [0.29, 0.717) is 12.0 Å². The van der Waals surface area contributed by atoms with Crippen LogP contribution in [0.4, 0.5) is 0 Å². The lowest BCUT2D eigenvalue weighted by Gasteiger charge is -2.30. The molecule has 0 amide bonds. The highest BCUT2D eigenvalue weighted by Crippen LogP contribution is 2.34. The Morgan fingerprint density at radius 3 is 2.50 bits per heavy atom.